The minimum absolute atomic E-state index is 0.210. The van der Waals surface area contributed by atoms with Crippen LogP contribution in [-0.2, 0) is 11.4 Å². The van der Waals surface area contributed by atoms with Gasteiger partial charge in [-0.15, -0.1) is 0 Å². The predicted molar refractivity (Wildman–Crippen MR) is 101 cm³/mol. The summed E-state index contributed by atoms with van der Waals surface area (Å²) in [6.07, 6.45) is 1.31. The van der Waals surface area contributed by atoms with E-state index in [2.05, 4.69) is 34.8 Å². The van der Waals surface area contributed by atoms with Gasteiger partial charge in [0.05, 0.1) is 12.3 Å². The van der Waals surface area contributed by atoms with Crippen LogP contribution in [0.15, 0.2) is 71.8 Å². The molecular formula is C21H17N3O2. The Kier molecular flexibility index (Phi) is 5.58. The fraction of sp³-hybridized carbons (Fsp3) is 0.0952. The van der Waals surface area contributed by atoms with Gasteiger partial charge in [0.2, 0.25) is 0 Å². The zero-order valence-electron chi connectivity index (χ0n) is 14.1. The second-order valence-corrected chi connectivity index (χ2v) is 5.62. The summed E-state index contributed by atoms with van der Waals surface area (Å²) in [6, 6.07) is 23.6. The molecule has 0 fully saturated rings. The Morgan fingerprint density at radius 1 is 1.08 bits per heavy atom. The first-order chi connectivity index (χ1) is 12.8. The van der Waals surface area contributed by atoms with Crippen molar-refractivity contribution >= 4 is 22.9 Å². The number of nitrogens with one attached hydrogen (secondary N) is 1. The molecule has 0 bridgehead atoms. The van der Waals surface area contributed by atoms with Crippen molar-refractivity contribution in [3.8, 4) is 11.8 Å². The Balaban J connectivity index is 1.60. The Hall–Kier alpha value is -3.65. The average molecular weight is 343 g/mol. The van der Waals surface area contributed by atoms with Crippen molar-refractivity contribution in [2.75, 3.05) is 0 Å². The Morgan fingerprint density at radius 3 is 2.65 bits per heavy atom. The normalized spacial score (nSPS) is 10.6. The standard InChI is InChI=1S/C21H17N3O2/c22-13-12-21(25)24-23-14-16-8-10-19(11-9-16)26-15-18-6-3-5-17-4-1-2-7-20(17)18/h1-11,14H,12,15H2,(H,24,25)/b23-14-. The molecule has 0 heterocycles. The van der Waals surface area contributed by atoms with Gasteiger partial charge in [0, 0.05) is 0 Å². The van der Waals surface area contributed by atoms with Gasteiger partial charge in [-0.25, -0.2) is 5.43 Å². The van der Waals surface area contributed by atoms with E-state index in [9.17, 15) is 4.79 Å². The van der Waals surface area contributed by atoms with Gasteiger partial charge in [0.25, 0.3) is 5.91 Å². The van der Waals surface area contributed by atoms with Crippen LogP contribution in [0.25, 0.3) is 10.8 Å². The highest BCUT2D eigenvalue weighted by atomic mass is 16.5. The summed E-state index contributed by atoms with van der Waals surface area (Å²) in [5.41, 5.74) is 4.24. The van der Waals surface area contributed by atoms with E-state index in [1.54, 1.807) is 6.07 Å². The Labute approximate surface area is 151 Å². The van der Waals surface area contributed by atoms with Crippen LogP contribution in [0.5, 0.6) is 5.75 Å². The lowest BCUT2D eigenvalue weighted by atomic mass is 10.1. The summed E-state index contributed by atoms with van der Waals surface area (Å²) < 4.78 is 5.88. The summed E-state index contributed by atoms with van der Waals surface area (Å²) in [7, 11) is 0. The number of carbonyl (C=O) groups excluding carboxylic acids is 1. The topological polar surface area (TPSA) is 74.5 Å². The molecule has 5 heteroatoms. The van der Waals surface area contributed by atoms with Crippen LogP contribution >= 0.6 is 0 Å². The molecular weight excluding hydrogens is 326 g/mol. The number of hydrogen-bond acceptors (Lipinski definition) is 4. The number of carbonyl (C=O) groups is 1. The van der Waals surface area contributed by atoms with Crippen LogP contribution in [0.1, 0.15) is 17.5 Å². The Bertz CT molecular complexity index is 967. The summed E-state index contributed by atoms with van der Waals surface area (Å²) in [4.78, 5) is 11.1. The van der Waals surface area contributed by atoms with Crippen molar-refractivity contribution in [3.05, 3.63) is 77.9 Å². The van der Waals surface area contributed by atoms with E-state index in [1.165, 1.54) is 17.0 Å². The highest BCUT2D eigenvalue weighted by molar-refractivity contribution is 5.85. The maximum Gasteiger partial charge on any atom is 0.254 e. The quantitative estimate of drug-likeness (QED) is 0.547. The molecule has 0 aromatic heterocycles. The molecule has 0 spiro atoms. The molecule has 0 saturated heterocycles. The van der Waals surface area contributed by atoms with Crippen LogP contribution in [0.2, 0.25) is 0 Å². The first-order valence-corrected chi connectivity index (χ1v) is 8.14. The molecule has 0 radical (unpaired) electrons. The third-order valence-electron chi connectivity index (χ3n) is 3.80. The second kappa shape index (κ2) is 8.45. The molecule has 1 N–H and O–H groups in total. The third kappa shape index (κ3) is 4.46. The molecule has 3 aromatic rings. The molecule has 128 valence electrons. The number of hydrazone groups is 1. The van der Waals surface area contributed by atoms with Crippen molar-refractivity contribution in [1.82, 2.24) is 5.43 Å². The van der Waals surface area contributed by atoms with E-state index in [1.807, 2.05) is 42.5 Å². The van der Waals surface area contributed by atoms with Crippen molar-refractivity contribution in [3.63, 3.8) is 0 Å². The van der Waals surface area contributed by atoms with E-state index >= 15 is 0 Å². The number of nitriles is 1. The molecule has 1 amide bonds. The molecule has 0 saturated carbocycles. The fourth-order valence-electron chi connectivity index (χ4n) is 2.52. The summed E-state index contributed by atoms with van der Waals surface area (Å²) in [5.74, 6) is 0.322. The van der Waals surface area contributed by atoms with Crippen molar-refractivity contribution in [1.29, 1.82) is 5.26 Å². The monoisotopic (exact) mass is 343 g/mol. The van der Waals surface area contributed by atoms with E-state index in [-0.39, 0.29) is 6.42 Å². The maximum absolute atomic E-state index is 11.1. The molecule has 0 aliphatic heterocycles. The summed E-state index contributed by atoms with van der Waals surface area (Å²) in [6.45, 7) is 0.485. The van der Waals surface area contributed by atoms with Crippen LogP contribution < -0.4 is 10.2 Å². The first kappa shape index (κ1) is 17.2. The fourth-order valence-corrected chi connectivity index (χ4v) is 2.52. The molecule has 5 nitrogen and oxygen atoms in total. The number of hydrogen-bond donors (Lipinski definition) is 1. The van der Waals surface area contributed by atoms with Gasteiger partial charge in [0.15, 0.2) is 0 Å². The van der Waals surface area contributed by atoms with Gasteiger partial charge in [-0.05, 0) is 46.2 Å². The van der Waals surface area contributed by atoms with Gasteiger partial charge in [-0.2, -0.15) is 10.4 Å². The van der Waals surface area contributed by atoms with Crippen LogP contribution in [0.3, 0.4) is 0 Å². The lowest BCUT2D eigenvalue weighted by Gasteiger charge is -2.09. The largest absolute Gasteiger partial charge is 0.489 e. The molecule has 0 aliphatic rings. The zero-order valence-corrected chi connectivity index (χ0v) is 14.1. The van der Waals surface area contributed by atoms with E-state index in [0.717, 1.165) is 16.9 Å². The predicted octanol–water partition coefficient (Wildman–Crippen LogP) is 3.78. The number of amides is 1. The second-order valence-electron chi connectivity index (χ2n) is 5.62. The smallest absolute Gasteiger partial charge is 0.254 e. The van der Waals surface area contributed by atoms with Crippen molar-refractivity contribution in [2.24, 2.45) is 5.10 Å². The summed E-state index contributed by atoms with van der Waals surface area (Å²) in [5, 5.41) is 14.6. The number of fused-ring (bicyclic) bond motifs is 1. The van der Waals surface area contributed by atoms with Gasteiger partial charge in [-0.1, -0.05) is 42.5 Å². The van der Waals surface area contributed by atoms with Crippen LogP contribution in [-0.4, -0.2) is 12.1 Å². The highest BCUT2D eigenvalue weighted by Gasteiger charge is 2.02. The maximum atomic E-state index is 11.1. The average Bonchev–Trinajstić information content (AvgIpc) is 2.67. The van der Waals surface area contributed by atoms with E-state index in [4.69, 9.17) is 10.00 Å². The molecule has 26 heavy (non-hydrogen) atoms. The lowest BCUT2D eigenvalue weighted by molar-refractivity contribution is -0.120. The number of benzene rings is 3. The number of ether oxygens (including phenoxy) is 1. The van der Waals surface area contributed by atoms with Gasteiger partial charge in [-0.3, -0.25) is 4.79 Å². The van der Waals surface area contributed by atoms with Crippen LogP contribution in [0.4, 0.5) is 0 Å². The Morgan fingerprint density at radius 2 is 1.85 bits per heavy atom. The molecule has 3 rings (SSSR count). The minimum atomic E-state index is -0.432. The lowest BCUT2D eigenvalue weighted by Crippen LogP contribution is -2.16. The van der Waals surface area contributed by atoms with E-state index < -0.39 is 5.91 Å². The minimum Gasteiger partial charge on any atom is -0.489 e. The number of nitrogens with zero attached hydrogens (tertiary/aromatic N) is 2. The highest BCUT2D eigenvalue weighted by Crippen LogP contribution is 2.20. The zero-order chi connectivity index (χ0) is 18.2. The van der Waals surface area contributed by atoms with E-state index in [0.29, 0.717) is 6.61 Å². The molecule has 0 unspecified atom stereocenters. The third-order valence-corrected chi connectivity index (χ3v) is 3.80. The summed E-state index contributed by atoms with van der Waals surface area (Å²) >= 11 is 0. The van der Waals surface area contributed by atoms with Gasteiger partial charge < -0.3 is 4.74 Å². The van der Waals surface area contributed by atoms with Gasteiger partial charge >= 0.3 is 0 Å². The van der Waals surface area contributed by atoms with Gasteiger partial charge in [0.1, 0.15) is 18.8 Å². The van der Waals surface area contributed by atoms with Crippen molar-refractivity contribution < 1.29 is 9.53 Å². The van der Waals surface area contributed by atoms with Crippen molar-refractivity contribution in [2.45, 2.75) is 13.0 Å². The molecule has 0 aliphatic carbocycles. The molecule has 3 aromatic carbocycles. The van der Waals surface area contributed by atoms with Crippen LogP contribution in [0, 0.1) is 11.3 Å². The number of rotatable bonds is 6. The molecule has 0 atom stereocenters. The first-order valence-electron chi connectivity index (χ1n) is 8.14. The SMILES string of the molecule is N#CCC(=O)N/N=C\c1ccc(OCc2cccc3ccccc23)cc1.